The lowest BCUT2D eigenvalue weighted by Crippen LogP contribution is -2.61. The minimum absolute atomic E-state index is 0.0369. The Balaban J connectivity index is 1.42. The Hall–Kier alpha value is -8.86. The van der Waals surface area contributed by atoms with Crippen molar-refractivity contribution in [2.45, 2.75) is 113 Å². The van der Waals surface area contributed by atoms with Crippen molar-refractivity contribution in [2.75, 3.05) is 18.1 Å². The number of primary amides is 1. The van der Waals surface area contributed by atoms with Gasteiger partial charge in [-0.1, -0.05) is 90.0 Å². The highest BCUT2D eigenvalue weighted by atomic mass is 33.1. The monoisotopic (exact) mass is 1230 g/mol. The first-order valence-electron chi connectivity index (χ1n) is 27.4. The number of aromatic hydroxyl groups is 3. The third-order valence-electron chi connectivity index (χ3n) is 13.7. The molecule has 26 nitrogen and oxygen atoms in total. The summed E-state index contributed by atoms with van der Waals surface area (Å²) in [6.07, 6.45) is -0.282. The molecule has 0 radical (unpaired) electrons. The molecule has 0 bridgehead atoms. The molecule has 18 N–H and O–H groups in total. The summed E-state index contributed by atoms with van der Waals surface area (Å²) in [5, 5.41) is 71.9. The van der Waals surface area contributed by atoms with Gasteiger partial charge >= 0.3 is 5.97 Å². The predicted molar refractivity (Wildman–Crippen MR) is 318 cm³/mol. The minimum Gasteiger partial charge on any atom is -0.508 e. The second-order valence-electron chi connectivity index (χ2n) is 21.0. The van der Waals surface area contributed by atoms with E-state index in [0.717, 1.165) is 21.6 Å². The van der Waals surface area contributed by atoms with Crippen LogP contribution in [0, 0.1) is 5.92 Å². The van der Waals surface area contributed by atoms with Gasteiger partial charge in [-0.2, -0.15) is 0 Å². The van der Waals surface area contributed by atoms with Crippen LogP contribution in [0.5, 0.6) is 17.2 Å². The number of carboxylic acids is 1. The average Bonchev–Trinajstić information content (AvgIpc) is 2.35. The Kier molecular flexibility index (Phi) is 24.6. The molecule has 1 saturated heterocycles. The summed E-state index contributed by atoms with van der Waals surface area (Å²) in [5.74, 6) is -11.5. The molecule has 1 aliphatic rings. The van der Waals surface area contributed by atoms with E-state index in [1.807, 2.05) is 0 Å². The van der Waals surface area contributed by atoms with Crippen molar-refractivity contribution in [1.82, 2.24) is 47.5 Å². The van der Waals surface area contributed by atoms with Gasteiger partial charge in [0.05, 0.1) is 12.6 Å². The second kappa shape index (κ2) is 31.9. The summed E-state index contributed by atoms with van der Waals surface area (Å²) in [7, 11) is 1.83. The molecule has 0 spiro atoms. The van der Waals surface area contributed by atoms with Gasteiger partial charge in [0.25, 0.3) is 0 Å². The molecule has 86 heavy (non-hydrogen) atoms. The smallest absolute Gasteiger partial charge is 0.326 e. The summed E-state index contributed by atoms with van der Waals surface area (Å²) in [6, 6.07) is 9.99. The van der Waals surface area contributed by atoms with Gasteiger partial charge in [0.15, 0.2) is 0 Å². The van der Waals surface area contributed by atoms with Crippen LogP contribution >= 0.6 is 21.6 Å². The molecular weight excluding hydrogens is 1150 g/mol. The number of carbonyl (C=O) groups is 10. The third kappa shape index (κ3) is 20.2. The number of aliphatic carboxylic acids is 1. The molecule has 9 atom stereocenters. The van der Waals surface area contributed by atoms with Crippen LogP contribution < -0.4 is 54.0 Å². The van der Waals surface area contributed by atoms with Crippen molar-refractivity contribution < 1.29 is 73.5 Å². The number of phenols is 3. The van der Waals surface area contributed by atoms with Crippen molar-refractivity contribution in [3.05, 3.63) is 126 Å². The van der Waals surface area contributed by atoms with E-state index >= 15 is 0 Å². The number of aliphatic hydroxyl groups excluding tert-OH is 1. The number of H-pyrrole nitrogens is 1. The van der Waals surface area contributed by atoms with E-state index in [1.54, 1.807) is 56.4 Å². The first kappa shape index (κ1) is 66.3. The van der Waals surface area contributed by atoms with Crippen LogP contribution in [0.15, 0.2) is 103 Å². The lowest BCUT2D eigenvalue weighted by molar-refractivity contribution is -0.142. The number of fused-ring (bicyclic) bond motifs is 1. The number of aliphatic hydroxyl groups is 1. The highest BCUT2D eigenvalue weighted by Gasteiger charge is 2.36. The SMILES string of the molecule is CC(C)CC1NC(=O)C(Cc2ccc(O)cc2)NC(=O)[C@H](CCC(N)=O)NC(=O)C(CO)NC(=O)[C@H](Cc2c[nH]c3ccccc23)NC(=O)[C@@H](NC(=O)[C@@H](N)Cc2ccc(O)cc2)CSSCC(C(=O)N[C@@H](Cc2ccc(O)cc2)C(=O)O)NC1=O. The number of nitrogens with two attached hydrogens (primary N) is 2. The van der Waals surface area contributed by atoms with E-state index in [-0.39, 0.29) is 66.8 Å². The molecule has 0 saturated carbocycles. The first-order valence-corrected chi connectivity index (χ1v) is 29.9. The lowest BCUT2D eigenvalue weighted by atomic mass is 10.00. The van der Waals surface area contributed by atoms with Gasteiger partial charge in [-0.05, 0) is 89.9 Å². The van der Waals surface area contributed by atoms with Gasteiger partial charge in [0, 0.05) is 54.3 Å². The van der Waals surface area contributed by atoms with Gasteiger partial charge in [-0.15, -0.1) is 0 Å². The third-order valence-corrected chi connectivity index (χ3v) is 16.2. The molecule has 4 unspecified atom stereocenters. The fourth-order valence-electron chi connectivity index (χ4n) is 9.09. The summed E-state index contributed by atoms with van der Waals surface area (Å²) in [5.41, 5.74) is 14.4. The highest BCUT2D eigenvalue weighted by molar-refractivity contribution is 8.76. The molecule has 460 valence electrons. The first-order chi connectivity index (χ1) is 41.0. The van der Waals surface area contributed by atoms with Crippen LogP contribution in [0.3, 0.4) is 0 Å². The minimum atomic E-state index is -1.83. The molecule has 0 aliphatic carbocycles. The largest absolute Gasteiger partial charge is 0.508 e. The maximum absolute atomic E-state index is 14.7. The number of carboxylic acid groups (broad SMARTS) is 1. The zero-order chi connectivity index (χ0) is 62.6. The Labute approximate surface area is 501 Å². The predicted octanol–water partition coefficient (Wildman–Crippen LogP) is -0.455. The molecule has 4 aromatic carbocycles. The standard InChI is InChI=1S/C58H71N11O15S2/c1-30(2)21-42-52(77)69-48(57(82)66-45(58(83)84)24-33-11-17-37(73)18-12-33)29-86-85-28-47(68-50(75)39(59)22-31-7-13-35(71)14-8-31)56(81)65-44(25-34-26-61-40-6-4-3-5-38(34)40)54(79)67-46(27-70)55(80)62-41(19-20-49(60)74)51(76)64-43(53(78)63-42)23-32-9-15-36(72)16-10-32/h3-18,26,30,39,41-48,61,70-73H,19-25,27-29,59H2,1-2H3,(H2,60,74)(H,62,80)(H,63,78)(H,64,76)(H,65,81)(H,66,82)(H,67,79)(H,68,75)(H,69,77)(H,83,84)/t39-,41-,42?,43?,44-,45-,46?,47-,48?/m0/s1. The van der Waals surface area contributed by atoms with Crippen LogP contribution in [0.4, 0.5) is 0 Å². The van der Waals surface area contributed by atoms with Crippen molar-refractivity contribution in [1.29, 1.82) is 0 Å². The van der Waals surface area contributed by atoms with Crippen LogP contribution in [0.2, 0.25) is 0 Å². The number of phenolic OH excluding ortho intramolecular Hbond substituents is 3. The van der Waals surface area contributed by atoms with Crippen LogP contribution in [-0.4, -0.2) is 162 Å². The zero-order valence-corrected chi connectivity index (χ0v) is 48.6. The number of aromatic amines is 1. The van der Waals surface area contributed by atoms with Crippen LogP contribution in [0.1, 0.15) is 55.4 Å². The van der Waals surface area contributed by atoms with E-state index in [0.29, 0.717) is 33.2 Å². The Bertz CT molecular complexity index is 3200. The maximum Gasteiger partial charge on any atom is 0.326 e. The number of nitrogens with one attached hydrogen (secondary N) is 9. The summed E-state index contributed by atoms with van der Waals surface area (Å²) in [4.78, 5) is 143. The number of hydrogen-bond acceptors (Lipinski definition) is 17. The molecular formula is C58H71N11O15S2. The molecule has 9 amide bonds. The van der Waals surface area contributed by atoms with Crippen molar-refractivity contribution in [3.63, 3.8) is 0 Å². The quantitative estimate of drug-likeness (QED) is 0.0465. The van der Waals surface area contributed by atoms with Gasteiger partial charge in [0.2, 0.25) is 53.2 Å². The van der Waals surface area contributed by atoms with Crippen molar-refractivity contribution in [3.8, 4) is 17.2 Å². The fourth-order valence-corrected chi connectivity index (χ4v) is 11.4. The number of rotatable bonds is 19. The highest BCUT2D eigenvalue weighted by Crippen LogP contribution is 2.25. The zero-order valence-electron chi connectivity index (χ0n) is 46.9. The summed E-state index contributed by atoms with van der Waals surface area (Å²) < 4.78 is 0. The van der Waals surface area contributed by atoms with Crippen molar-refractivity contribution >= 4 is 91.6 Å². The van der Waals surface area contributed by atoms with Crippen molar-refractivity contribution in [2.24, 2.45) is 17.4 Å². The Morgan fingerprint density at radius 2 is 1.12 bits per heavy atom. The molecule has 2 heterocycles. The number of hydrogen-bond donors (Lipinski definition) is 16. The van der Waals surface area contributed by atoms with Gasteiger partial charge in [0.1, 0.15) is 65.6 Å². The summed E-state index contributed by atoms with van der Waals surface area (Å²) in [6.45, 7) is 2.40. The van der Waals surface area contributed by atoms with Gasteiger partial charge < -0.3 is 84.5 Å². The van der Waals surface area contributed by atoms with Gasteiger partial charge in [-0.3, -0.25) is 43.2 Å². The Morgan fingerprint density at radius 3 is 1.71 bits per heavy atom. The van der Waals surface area contributed by atoms with E-state index < -0.39 is 133 Å². The van der Waals surface area contributed by atoms with E-state index in [4.69, 9.17) is 11.5 Å². The molecule has 28 heteroatoms. The normalized spacial score (nSPS) is 21.3. The molecule has 1 fully saturated rings. The number of amides is 9. The lowest BCUT2D eigenvalue weighted by Gasteiger charge is -2.28. The average molecular weight is 1230 g/mol. The molecule has 1 aliphatic heterocycles. The Morgan fingerprint density at radius 1 is 0.616 bits per heavy atom. The number of para-hydroxylation sites is 1. The van der Waals surface area contributed by atoms with E-state index in [9.17, 15) is 73.5 Å². The molecule has 1 aromatic heterocycles. The van der Waals surface area contributed by atoms with E-state index in [2.05, 4.69) is 47.5 Å². The number of carbonyl (C=O) groups excluding carboxylic acids is 9. The maximum atomic E-state index is 14.7. The van der Waals surface area contributed by atoms with E-state index in [1.165, 1.54) is 60.7 Å². The summed E-state index contributed by atoms with van der Waals surface area (Å²) >= 11 is 0. The van der Waals surface area contributed by atoms with Crippen LogP contribution in [-0.2, 0) is 73.6 Å². The second-order valence-corrected chi connectivity index (χ2v) is 23.5. The molecule has 6 rings (SSSR count). The molecule has 5 aromatic rings. The van der Waals surface area contributed by atoms with Crippen LogP contribution in [0.25, 0.3) is 10.9 Å². The number of benzene rings is 4. The van der Waals surface area contributed by atoms with Gasteiger partial charge in [-0.25, -0.2) is 4.79 Å². The topological polar surface area (TPSA) is 436 Å². The number of aromatic nitrogens is 1. The fraction of sp³-hybridized carbons (Fsp3) is 0.379.